The fraction of sp³-hybridized carbons (Fsp3) is 0.294. The molecule has 1 aliphatic rings. The van der Waals surface area contributed by atoms with E-state index < -0.39 is 60.4 Å². The standard InChI is InChI=1S/C17H20FN4O13P3/c18-9-3-1-8(2-4-9)10-5-22(16-12(10)15(19)20-7-21-16)17-14(24)13(23)11(33-17)6-32-37(28,29)35-38(30,31)34-36(25,26)27/h1-5,7,11,13-14,17,23-24H,6H2,(H,28,29)(H,30,31)(H2,19,20,21)(H2,25,26,27)/t11-,13-,14-,17-/m1/s1. The van der Waals surface area contributed by atoms with E-state index in [-0.39, 0.29) is 11.5 Å². The molecule has 1 saturated heterocycles. The third-order valence-electron chi connectivity index (χ3n) is 5.22. The van der Waals surface area contributed by atoms with E-state index in [2.05, 4.69) is 23.1 Å². The number of hydrogen-bond donors (Lipinski definition) is 7. The van der Waals surface area contributed by atoms with Crippen molar-refractivity contribution in [2.75, 3.05) is 12.3 Å². The molecule has 208 valence electrons. The Morgan fingerprint density at radius 2 is 1.66 bits per heavy atom. The quantitative estimate of drug-likeness (QED) is 0.167. The molecule has 0 amide bonds. The van der Waals surface area contributed by atoms with Crippen molar-refractivity contribution in [1.29, 1.82) is 0 Å². The average Bonchev–Trinajstić information content (AvgIpc) is 3.29. The number of aromatic nitrogens is 3. The van der Waals surface area contributed by atoms with Gasteiger partial charge in [-0.1, -0.05) is 12.1 Å². The number of halogens is 1. The van der Waals surface area contributed by atoms with Crippen LogP contribution in [0.1, 0.15) is 6.23 Å². The Morgan fingerprint density at radius 3 is 2.29 bits per heavy atom. The van der Waals surface area contributed by atoms with Gasteiger partial charge in [0, 0.05) is 11.8 Å². The predicted molar refractivity (Wildman–Crippen MR) is 123 cm³/mol. The molecule has 2 aromatic heterocycles. The van der Waals surface area contributed by atoms with Crippen LogP contribution >= 0.6 is 23.5 Å². The van der Waals surface area contributed by atoms with Crippen molar-refractivity contribution in [2.45, 2.75) is 24.5 Å². The summed E-state index contributed by atoms with van der Waals surface area (Å²) < 4.78 is 66.3. The Bertz CT molecular complexity index is 1480. The summed E-state index contributed by atoms with van der Waals surface area (Å²) in [6.07, 6.45) is -3.71. The van der Waals surface area contributed by atoms with Crippen LogP contribution in [-0.4, -0.2) is 69.2 Å². The Morgan fingerprint density at radius 1 is 1.00 bits per heavy atom. The number of hydrogen-bond acceptors (Lipinski definition) is 12. The van der Waals surface area contributed by atoms with Crippen LogP contribution in [-0.2, 0) is 31.6 Å². The fourth-order valence-corrected chi connectivity index (χ4v) is 6.75. The summed E-state index contributed by atoms with van der Waals surface area (Å²) >= 11 is 0. The van der Waals surface area contributed by atoms with Crippen molar-refractivity contribution in [1.82, 2.24) is 14.5 Å². The highest BCUT2D eigenvalue weighted by atomic mass is 31.3. The largest absolute Gasteiger partial charge is 0.490 e. The first-order chi connectivity index (χ1) is 17.6. The van der Waals surface area contributed by atoms with E-state index in [1.54, 1.807) is 0 Å². The van der Waals surface area contributed by atoms with Gasteiger partial charge in [0.15, 0.2) is 6.23 Å². The Balaban J connectivity index is 1.57. The Labute approximate surface area is 211 Å². The van der Waals surface area contributed by atoms with E-state index in [1.807, 2.05) is 0 Å². The van der Waals surface area contributed by atoms with Crippen LogP contribution in [0.25, 0.3) is 22.2 Å². The highest BCUT2D eigenvalue weighted by Crippen LogP contribution is 2.66. The fourth-order valence-electron chi connectivity index (χ4n) is 3.72. The first-order valence-electron chi connectivity index (χ1n) is 10.2. The van der Waals surface area contributed by atoms with Gasteiger partial charge in [0.2, 0.25) is 0 Å². The molecule has 1 aliphatic heterocycles. The van der Waals surface area contributed by atoms with Gasteiger partial charge in [-0.25, -0.2) is 28.1 Å². The van der Waals surface area contributed by atoms with E-state index in [0.717, 1.165) is 6.33 Å². The summed E-state index contributed by atoms with van der Waals surface area (Å²) in [4.78, 5) is 44.1. The number of aliphatic hydroxyl groups is 2. The molecule has 3 heterocycles. The van der Waals surface area contributed by atoms with E-state index in [0.29, 0.717) is 16.5 Å². The number of nitrogen functional groups attached to an aromatic ring is 1. The molecule has 6 atom stereocenters. The molecule has 4 rings (SSSR count). The second-order valence-corrected chi connectivity index (χ2v) is 12.3. The third kappa shape index (κ3) is 6.35. The average molecular weight is 600 g/mol. The number of phosphoric acid groups is 3. The van der Waals surface area contributed by atoms with Crippen molar-refractivity contribution in [3.63, 3.8) is 0 Å². The molecule has 1 fully saturated rings. The first-order valence-corrected chi connectivity index (χ1v) is 14.8. The molecule has 17 nitrogen and oxygen atoms in total. The van der Waals surface area contributed by atoms with Gasteiger partial charge in [-0.2, -0.15) is 8.62 Å². The van der Waals surface area contributed by atoms with Crippen LogP contribution in [0.3, 0.4) is 0 Å². The number of aliphatic hydroxyl groups excluding tert-OH is 2. The van der Waals surface area contributed by atoms with Crippen molar-refractivity contribution in [3.05, 3.63) is 42.6 Å². The number of nitrogens with two attached hydrogens (primary N) is 1. The van der Waals surface area contributed by atoms with E-state index in [1.165, 1.54) is 35.0 Å². The van der Waals surface area contributed by atoms with Gasteiger partial charge in [0.25, 0.3) is 0 Å². The van der Waals surface area contributed by atoms with Gasteiger partial charge in [0.1, 0.15) is 41.9 Å². The number of ether oxygens (including phenoxy) is 1. The van der Waals surface area contributed by atoms with Crippen LogP contribution in [0, 0.1) is 5.82 Å². The molecule has 2 unspecified atom stereocenters. The number of anilines is 1. The van der Waals surface area contributed by atoms with E-state index >= 15 is 0 Å². The number of fused-ring (bicyclic) bond motifs is 1. The smallest absolute Gasteiger partial charge is 0.387 e. The highest BCUT2D eigenvalue weighted by Gasteiger charge is 2.47. The molecule has 0 saturated carbocycles. The molecule has 0 radical (unpaired) electrons. The first kappa shape index (κ1) is 28.9. The van der Waals surface area contributed by atoms with Gasteiger partial charge in [-0.05, 0) is 17.7 Å². The zero-order chi connectivity index (χ0) is 28.0. The van der Waals surface area contributed by atoms with Gasteiger partial charge in [0.05, 0.1) is 12.0 Å². The lowest BCUT2D eigenvalue weighted by Gasteiger charge is -2.19. The van der Waals surface area contributed by atoms with Crippen molar-refractivity contribution >= 4 is 40.3 Å². The number of benzene rings is 1. The Kier molecular flexibility index (Phi) is 7.93. The normalized spacial score (nSPS) is 25.3. The maximum absolute atomic E-state index is 13.4. The lowest BCUT2D eigenvalue weighted by Crippen LogP contribution is -2.33. The summed E-state index contributed by atoms with van der Waals surface area (Å²) in [7, 11) is -16.8. The van der Waals surface area contributed by atoms with Crippen LogP contribution in [0.5, 0.6) is 0 Å². The minimum atomic E-state index is -5.75. The third-order valence-corrected chi connectivity index (χ3v) is 9.03. The van der Waals surface area contributed by atoms with E-state index in [4.69, 9.17) is 20.3 Å². The summed E-state index contributed by atoms with van der Waals surface area (Å²) in [6, 6.07) is 5.35. The zero-order valence-electron chi connectivity index (χ0n) is 18.7. The molecule has 0 aliphatic carbocycles. The van der Waals surface area contributed by atoms with Crippen LogP contribution < -0.4 is 5.73 Å². The topological polar surface area (TPSA) is 266 Å². The molecule has 0 bridgehead atoms. The van der Waals surface area contributed by atoms with Gasteiger partial charge in [-0.15, -0.1) is 0 Å². The van der Waals surface area contributed by atoms with Gasteiger partial charge >= 0.3 is 23.5 Å². The molecule has 38 heavy (non-hydrogen) atoms. The zero-order valence-corrected chi connectivity index (χ0v) is 21.3. The lowest BCUT2D eigenvalue weighted by atomic mass is 10.1. The second kappa shape index (κ2) is 10.4. The van der Waals surface area contributed by atoms with Gasteiger partial charge in [-0.3, -0.25) is 4.52 Å². The monoisotopic (exact) mass is 600 g/mol. The molecule has 0 spiro atoms. The van der Waals surface area contributed by atoms with Gasteiger partial charge < -0.3 is 44.8 Å². The molecular formula is C17H20FN4O13P3. The number of rotatable bonds is 9. The second-order valence-electron chi connectivity index (χ2n) is 7.85. The minimum Gasteiger partial charge on any atom is -0.387 e. The predicted octanol–water partition coefficient (Wildman–Crippen LogP) is 0.782. The van der Waals surface area contributed by atoms with E-state index in [9.17, 15) is 38.1 Å². The Hall–Kier alpha value is -2.14. The number of nitrogens with zero attached hydrogens (tertiary/aromatic N) is 3. The van der Waals surface area contributed by atoms with Crippen LogP contribution in [0.4, 0.5) is 10.2 Å². The summed E-state index contributed by atoms with van der Waals surface area (Å²) in [5, 5.41) is 21.4. The molecular weight excluding hydrogens is 580 g/mol. The lowest BCUT2D eigenvalue weighted by molar-refractivity contribution is -0.0500. The molecule has 8 N–H and O–H groups in total. The van der Waals surface area contributed by atoms with Crippen molar-refractivity contribution in [3.8, 4) is 11.1 Å². The summed E-state index contributed by atoms with van der Waals surface area (Å²) in [5.41, 5.74) is 7.12. The maximum atomic E-state index is 13.4. The van der Waals surface area contributed by atoms with Crippen molar-refractivity contribution < 1.29 is 65.8 Å². The summed E-state index contributed by atoms with van der Waals surface area (Å²) in [6.45, 7) is -1.00. The molecule has 1 aromatic carbocycles. The molecule has 21 heteroatoms. The van der Waals surface area contributed by atoms with Crippen LogP contribution in [0.2, 0.25) is 0 Å². The number of phosphoric ester groups is 1. The summed E-state index contributed by atoms with van der Waals surface area (Å²) in [5.74, 6) is -0.441. The van der Waals surface area contributed by atoms with Crippen LogP contribution in [0.15, 0.2) is 36.8 Å². The van der Waals surface area contributed by atoms with Crippen molar-refractivity contribution in [2.24, 2.45) is 0 Å². The minimum absolute atomic E-state index is 0.0466. The highest BCUT2D eigenvalue weighted by molar-refractivity contribution is 7.66. The molecule has 3 aromatic rings. The maximum Gasteiger partial charge on any atom is 0.490 e. The SMILES string of the molecule is Nc1ncnc2c1c(-c1ccc(F)cc1)cn2[C@@H]1O[C@H](COP(=O)(O)OP(=O)(O)OP(=O)(O)O)[C@@H](O)[C@H]1O.